The van der Waals surface area contributed by atoms with Crippen molar-refractivity contribution in [1.29, 1.82) is 0 Å². The highest BCUT2D eigenvalue weighted by Gasteiger charge is 2.18. The van der Waals surface area contributed by atoms with Crippen LogP contribution >= 0.6 is 11.6 Å². The number of anilines is 1. The Labute approximate surface area is 166 Å². The quantitative estimate of drug-likeness (QED) is 0.548. The molecule has 1 heterocycles. The Hall–Kier alpha value is -3.73. The van der Waals surface area contributed by atoms with E-state index in [1.54, 1.807) is 0 Å². The van der Waals surface area contributed by atoms with Gasteiger partial charge in [-0.1, -0.05) is 16.7 Å². The third kappa shape index (κ3) is 4.41. The van der Waals surface area contributed by atoms with Crippen LogP contribution < -0.4 is 15.4 Å². The first-order valence-electron chi connectivity index (χ1n) is 7.76. The van der Waals surface area contributed by atoms with Gasteiger partial charge in [0, 0.05) is 5.56 Å². The van der Waals surface area contributed by atoms with E-state index >= 15 is 0 Å². The van der Waals surface area contributed by atoms with E-state index in [1.165, 1.54) is 25.3 Å². The molecule has 3 aromatic rings. The molecule has 0 bridgehead atoms. The van der Waals surface area contributed by atoms with E-state index in [2.05, 4.69) is 15.5 Å². The van der Waals surface area contributed by atoms with E-state index in [9.17, 15) is 18.4 Å². The summed E-state index contributed by atoms with van der Waals surface area (Å²) in [6, 6.07) is 4.58. The summed E-state index contributed by atoms with van der Waals surface area (Å²) in [5.74, 6) is -3.36. The molecular weight excluding hydrogens is 414 g/mol. The first-order valence-corrected chi connectivity index (χ1v) is 8.14. The van der Waals surface area contributed by atoms with Gasteiger partial charge in [0.05, 0.1) is 23.4 Å². The molecule has 29 heavy (non-hydrogen) atoms. The van der Waals surface area contributed by atoms with Crippen LogP contribution in [0.4, 0.5) is 19.3 Å². The van der Waals surface area contributed by atoms with Crippen LogP contribution in [0.2, 0.25) is 5.02 Å². The molecule has 0 aliphatic carbocycles. The highest BCUT2D eigenvalue weighted by Crippen LogP contribution is 2.31. The van der Waals surface area contributed by atoms with Crippen molar-refractivity contribution in [3.8, 4) is 23.3 Å². The summed E-state index contributed by atoms with van der Waals surface area (Å²) in [7, 11) is 1.33. The second-order valence-electron chi connectivity index (χ2n) is 5.46. The van der Waals surface area contributed by atoms with Gasteiger partial charge in [-0.3, -0.25) is 10.1 Å². The van der Waals surface area contributed by atoms with Gasteiger partial charge >= 0.3 is 12.1 Å². The molecule has 0 atom stereocenters. The summed E-state index contributed by atoms with van der Waals surface area (Å²) < 4.78 is 36.5. The summed E-state index contributed by atoms with van der Waals surface area (Å²) in [6.45, 7) is 0. The molecule has 3 N–H and O–H groups in total. The van der Waals surface area contributed by atoms with Gasteiger partial charge in [0.2, 0.25) is 0 Å². The maximum atomic E-state index is 13.3. The number of ether oxygens (including phenoxy) is 1. The van der Waals surface area contributed by atoms with E-state index in [-0.39, 0.29) is 22.4 Å². The van der Waals surface area contributed by atoms with Crippen LogP contribution in [0, 0.1) is 11.6 Å². The Kier molecular flexibility index (Phi) is 5.59. The van der Waals surface area contributed by atoms with Crippen molar-refractivity contribution in [3.05, 3.63) is 52.6 Å². The van der Waals surface area contributed by atoms with Crippen molar-refractivity contribution in [2.45, 2.75) is 0 Å². The summed E-state index contributed by atoms with van der Waals surface area (Å²) in [4.78, 5) is 24.2. The van der Waals surface area contributed by atoms with Crippen LogP contribution in [0.5, 0.6) is 11.8 Å². The standard InChI is InChI=1S/C17H11ClF2N4O5/c1-28-13-4-7(15-23-24-17(27)29-15)2-3-12(13)21-16(26)22-14(25)8-5-10(19)11(20)6-9(8)18/h2-6H,1H3,(H,24,27)(H2,21,22,25,26). The molecular formula is C17H11ClF2N4O5. The maximum absolute atomic E-state index is 13.3. The molecule has 12 heteroatoms. The Balaban J connectivity index is 1.75. The third-order valence-electron chi connectivity index (χ3n) is 3.59. The zero-order valence-electron chi connectivity index (χ0n) is 14.5. The smallest absolute Gasteiger partial charge is 0.412 e. The van der Waals surface area contributed by atoms with E-state index in [0.29, 0.717) is 17.7 Å². The fourth-order valence-electron chi connectivity index (χ4n) is 2.28. The molecule has 0 aliphatic rings. The van der Waals surface area contributed by atoms with Crippen molar-refractivity contribution in [1.82, 2.24) is 15.5 Å². The molecule has 2 aromatic carbocycles. The number of aromatic hydroxyl groups is 1. The number of aromatic nitrogens is 2. The van der Waals surface area contributed by atoms with Crippen LogP contribution in [0.15, 0.2) is 34.7 Å². The Morgan fingerprint density at radius 3 is 2.55 bits per heavy atom. The summed E-state index contributed by atoms with van der Waals surface area (Å²) >= 11 is 5.71. The van der Waals surface area contributed by atoms with E-state index in [1.807, 2.05) is 5.32 Å². The zero-order valence-corrected chi connectivity index (χ0v) is 15.3. The number of benzene rings is 2. The number of halogens is 3. The van der Waals surface area contributed by atoms with Gasteiger partial charge in [-0.25, -0.2) is 13.6 Å². The fraction of sp³-hybridized carbons (Fsp3) is 0.0588. The Morgan fingerprint density at radius 2 is 1.90 bits per heavy atom. The molecule has 3 rings (SSSR count). The minimum absolute atomic E-state index is 0.0138. The van der Waals surface area contributed by atoms with E-state index in [0.717, 1.165) is 0 Å². The molecule has 9 nitrogen and oxygen atoms in total. The van der Waals surface area contributed by atoms with Crippen LogP contribution in [0.25, 0.3) is 11.5 Å². The lowest BCUT2D eigenvalue weighted by Gasteiger charge is -2.12. The fourth-order valence-corrected chi connectivity index (χ4v) is 2.52. The van der Waals surface area contributed by atoms with Gasteiger partial charge in [-0.2, -0.15) is 0 Å². The molecule has 0 unspecified atom stereocenters. The number of hydrogen-bond acceptors (Lipinski definition) is 7. The number of nitrogens with one attached hydrogen (secondary N) is 2. The first-order chi connectivity index (χ1) is 13.8. The average molecular weight is 425 g/mol. The third-order valence-corrected chi connectivity index (χ3v) is 3.91. The van der Waals surface area contributed by atoms with Gasteiger partial charge < -0.3 is 19.6 Å². The number of carbonyl (C=O) groups excluding carboxylic acids is 2. The van der Waals surface area contributed by atoms with Crippen molar-refractivity contribution in [2.75, 3.05) is 12.4 Å². The van der Waals surface area contributed by atoms with E-state index < -0.39 is 35.2 Å². The summed E-state index contributed by atoms with van der Waals surface area (Å²) in [5.41, 5.74) is 0.145. The Morgan fingerprint density at radius 1 is 1.17 bits per heavy atom. The van der Waals surface area contributed by atoms with Gasteiger partial charge in [0.25, 0.3) is 11.8 Å². The number of hydrogen-bond donors (Lipinski definition) is 3. The molecule has 0 fully saturated rings. The molecule has 0 radical (unpaired) electrons. The summed E-state index contributed by atoms with van der Waals surface area (Å²) in [5, 5.41) is 20.0. The molecule has 3 amide bonds. The SMILES string of the molecule is COc1cc(-c2nnc(O)o2)ccc1NC(=O)NC(=O)c1cc(F)c(F)cc1Cl. The topological polar surface area (TPSA) is 127 Å². The predicted molar refractivity (Wildman–Crippen MR) is 95.8 cm³/mol. The van der Waals surface area contributed by atoms with Gasteiger partial charge in [0.15, 0.2) is 11.6 Å². The highest BCUT2D eigenvalue weighted by atomic mass is 35.5. The number of carbonyl (C=O) groups is 2. The Bertz CT molecular complexity index is 1110. The second kappa shape index (κ2) is 8.10. The monoisotopic (exact) mass is 424 g/mol. The van der Waals surface area contributed by atoms with Crippen molar-refractivity contribution in [2.24, 2.45) is 0 Å². The maximum Gasteiger partial charge on any atom is 0.412 e. The van der Waals surface area contributed by atoms with Gasteiger partial charge in [0.1, 0.15) is 5.75 Å². The number of nitrogens with zero attached hydrogens (tertiary/aromatic N) is 2. The molecule has 0 saturated heterocycles. The lowest BCUT2D eigenvalue weighted by atomic mass is 10.2. The van der Waals surface area contributed by atoms with Crippen molar-refractivity contribution >= 4 is 29.2 Å². The molecule has 150 valence electrons. The lowest BCUT2D eigenvalue weighted by Crippen LogP contribution is -2.34. The average Bonchev–Trinajstić information content (AvgIpc) is 3.11. The van der Waals surface area contributed by atoms with Crippen LogP contribution in [0.3, 0.4) is 0 Å². The molecule has 0 aliphatic heterocycles. The van der Waals surface area contributed by atoms with Crippen LogP contribution in [-0.4, -0.2) is 34.4 Å². The number of methoxy groups -OCH3 is 1. The van der Waals surface area contributed by atoms with Crippen LogP contribution in [0.1, 0.15) is 10.4 Å². The number of rotatable bonds is 4. The number of imide groups is 1. The zero-order chi connectivity index (χ0) is 21.1. The van der Waals surface area contributed by atoms with Gasteiger partial charge in [-0.05, 0) is 30.3 Å². The highest BCUT2D eigenvalue weighted by molar-refractivity contribution is 6.34. The second-order valence-corrected chi connectivity index (χ2v) is 5.87. The lowest BCUT2D eigenvalue weighted by molar-refractivity contribution is 0.0966. The number of amides is 3. The van der Waals surface area contributed by atoms with Crippen molar-refractivity contribution in [3.63, 3.8) is 0 Å². The summed E-state index contributed by atoms with van der Waals surface area (Å²) in [6.07, 6.45) is -0.616. The molecule has 0 saturated carbocycles. The van der Waals surface area contributed by atoms with Gasteiger partial charge in [-0.15, -0.1) is 5.10 Å². The molecule has 0 spiro atoms. The largest absolute Gasteiger partial charge is 0.495 e. The van der Waals surface area contributed by atoms with Crippen LogP contribution in [-0.2, 0) is 0 Å². The first kappa shape index (κ1) is 20.0. The molecule has 1 aromatic heterocycles. The van der Waals surface area contributed by atoms with Crippen molar-refractivity contribution < 1.29 is 32.6 Å². The van der Waals surface area contributed by atoms with E-state index in [4.69, 9.17) is 25.9 Å². The minimum Gasteiger partial charge on any atom is -0.495 e. The number of urea groups is 1. The normalized spacial score (nSPS) is 10.5. The predicted octanol–water partition coefficient (Wildman–Crippen LogP) is 3.34. The minimum atomic E-state index is -1.29.